The van der Waals surface area contributed by atoms with Gasteiger partial charge in [0.25, 0.3) is 5.69 Å². The van der Waals surface area contributed by atoms with Gasteiger partial charge < -0.3 is 10.1 Å². The Kier molecular flexibility index (Phi) is 7.94. The van der Waals surface area contributed by atoms with E-state index in [1.54, 1.807) is 20.8 Å². The van der Waals surface area contributed by atoms with Gasteiger partial charge in [0.2, 0.25) is 10.0 Å². The Morgan fingerprint density at radius 1 is 1.18 bits per heavy atom. The molecule has 0 spiro atoms. The van der Waals surface area contributed by atoms with Crippen LogP contribution in [0.1, 0.15) is 53.9 Å². The summed E-state index contributed by atoms with van der Waals surface area (Å²) >= 11 is 0. The molecule has 0 atom stereocenters. The van der Waals surface area contributed by atoms with Crippen molar-refractivity contribution >= 4 is 21.8 Å². The summed E-state index contributed by atoms with van der Waals surface area (Å²) in [6.07, 6.45) is 0.864. The summed E-state index contributed by atoms with van der Waals surface area (Å²) in [4.78, 5) is 22.1. The average Bonchev–Trinajstić information content (AvgIpc) is 2.59. The molecule has 0 saturated carbocycles. The highest BCUT2D eigenvalue weighted by atomic mass is 32.2. The van der Waals surface area contributed by atoms with E-state index in [1.165, 1.54) is 18.2 Å². The van der Waals surface area contributed by atoms with Crippen LogP contribution in [0.3, 0.4) is 0 Å². The van der Waals surface area contributed by atoms with Crippen LogP contribution in [0.4, 0.5) is 10.5 Å². The Labute approximate surface area is 166 Å². The summed E-state index contributed by atoms with van der Waals surface area (Å²) in [6.45, 7) is 9.05. The number of rotatable bonds is 9. The Morgan fingerprint density at radius 3 is 2.25 bits per heavy atom. The van der Waals surface area contributed by atoms with Gasteiger partial charge in [0.1, 0.15) is 5.60 Å². The van der Waals surface area contributed by atoms with Crippen LogP contribution < -0.4 is 10.0 Å². The molecule has 9 nitrogen and oxygen atoms in total. The monoisotopic (exact) mass is 415 g/mol. The van der Waals surface area contributed by atoms with Gasteiger partial charge in [-0.15, -0.1) is 0 Å². The third-order valence-electron chi connectivity index (χ3n) is 4.37. The number of benzene rings is 1. The van der Waals surface area contributed by atoms with Gasteiger partial charge in [-0.2, -0.15) is 0 Å². The van der Waals surface area contributed by atoms with Crippen molar-refractivity contribution in [2.24, 2.45) is 0 Å². The first-order valence-electron chi connectivity index (χ1n) is 9.10. The van der Waals surface area contributed by atoms with E-state index in [4.69, 9.17) is 4.74 Å². The van der Waals surface area contributed by atoms with Crippen molar-refractivity contribution in [3.05, 3.63) is 34.4 Å². The highest BCUT2D eigenvalue weighted by Crippen LogP contribution is 2.24. The van der Waals surface area contributed by atoms with Crippen molar-refractivity contribution in [3.8, 4) is 0 Å². The van der Waals surface area contributed by atoms with Crippen molar-refractivity contribution in [3.63, 3.8) is 0 Å². The third kappa shape index (κ3) is 6.75. The number of nitro benzene ring substituents is 1. The molecule has 0 fully saturated rings. The predicted molar refractivity (Wildman–Crippen MR) is 106 cm³/mol. The summed E-state index contributed by atoms with van der Waals surface area (Å²) in [6, 6.07) is 5.16. The van der Waals surface area contributed by atoms with Crippen LogP contribution >= 0.6 is 0 Å². The molecule has 0 aliphatic carbocycles. The largest absolute Gasteiger partial charge is 0.444 e. The van der Waals surface area contributed by atoms with Gasteiger partial charge in [0.15, 0.2) is 4.90 Å². The third-order valence-corrected chi connectivity index (χ3v) is 5.88. The van der Waals surface area contributed by atoms with Crippen LogP contribution in [0.2, 0.25) is 0 Å². The number of hydrogen-bond acceptors (Lipinski definition) is 6. The Bertz CT molecular complexity index is 798. The number of nitro groups is 1. The van der Waals surface area contributed by atoms with E-state index < -0.39 is 42.8 Å². The molecule has 0 aliphatic rings. The number of para-hydroxylation sites is 1. The lowest BCUT2D eigenvalue weighted by molar-refractivity contribution is -0.387. The number of hydrogen-bond donors (Lipinski definition) is 2. The molecule has 0 bridgehead atoms. The van der Waals surface area contributed by atoms with Crippen molar-refractivity contribution in [1.82, 2.24) is 10.0 Å². The van der Waals surface area contributed by atoms with Gasteiger partial charge in [-0.05, 0) is 46.1 Å². The lowest BCUT2D eigenvalue weighted by atomic mass is 9.89. The SMILES string of the molecule is CCC(CC)(CCNS(=O)(=O)c1ccccc1[N+](=O)[O-])NC(=O)OC(C)(C)C. The van der Waals surface area contributed by atoms with Crippen LogP contribution in [0.15, 0.2) is 29.2 Å². The number of nitrogens with zero attached hydrogens (tertiary/aromatic N) is 1. The second-order valence-corrected chi connectivity index (χ2v) is 9.22. The first kappa shape index (κ1) is 23.8. The number of nitrogens with one attached hydrogen (secondary N) is 2. The number of alkyl carbamates (subject to hydrolysis) is 1. The van der Waals surface area contributed by atoms with E-state index in [-0.39, 0.29) is 6.54 Å². The van der Waals surface area contributed by atoms with E-state index >= 15 is 0 Å². The van der Waals surface area contributed by atoms with Crippen LogP contribution in [0.5, 0.6) is 0 Å². The maximum absolute atomic E-state index is 12.5. The topological polar surface area (TPSA) is 128 Å². The Morgan fingerprint density at radius 2 is 1.75 bits per heavy atom. The Hall–Kier alpha value is -2.20. The minimum atomic E-state index is -4.07. The van der Waals surface area contributed by atoms with Gasteiger partial charge in [0.05, 0.1) is 4.92 Å². The van der Waals surface area contributed by atoms with E-state index in [0.29, 0.717) is 19.3 Å². The van der Waals surface area contributed by atoms with Gasteiger partial charge in [0, 0.05) is 18.2 Å². The summed E-state index contributed by atoms with van der Waals surface area (Å²) in [7, 11) is -4.07. The first-order valence-corrected chi connectivity index (χ1v) is 10.6. The molecule has 28 heavy (non-hydrogen) atoms. The predicted octanol–water partition coefficient (Wildman–Crippen LogP) is 3.35. The summed E-state index contributed by atoms with van der Waals surface area (Å²) < 4.78 is 32.7. The normalized spacial score (nSPS) is 12.5. The molecule has 1 aromatic carbocycles. The zero-order valence-electron chi connectivity index (χ0n) is 16.9. The van der Waals surface area contributed by atoms with Crippen LogP contribution in [-0.4, -0.2) is 37.1 Å². The molecule has 0 aromatic heterocycles. The molecule has 10 heteroatoms. The van der Waals surface area contributed by atoms with Crippen molar-refractivity contribution in [1.29, 1.82) is 0 Å². The summed E-state index contributed by atoms with van der Waals surface area (Å²) in [5, 5.41) is 13.9. The first-order chi connectivity index (χ1) is 12.9. The minimum absolute atomic E-state index is 0.00581. The van der Waals surface area contributed by atoms with E-state index in [1.807, 2.05) is 13.8 Å². The molecule has 0 radical (unpaired) electrons. The fraction of sp³-hybridized carbons (Fsp3) is 0.611. The number of carbonyl (C=O) groups is 1. The second-order valence-electron chi connectivity index (χ2n) is 7.49. The molecule has 0 saturated heterocycles. The lowest BCUT2D eigenvalue weighted by Crippen LogP contribution is -2.51. The van der Waals surface area contributed by atoms with Crippen molar-refractivity contribution in [2.75, 3.05) is 6.54 Å². The number of ether oxygens (including phenoxy) is 1. The zero-order chi connectivity index (χ0) is 21.6. The van der Waals surface area contributed by atoms with Gasteiger partial charge in [-0.25, -0.2) is 17.9 Å². The fourth-order valence-corrected chi connectivity index (χ4v) is 3.90. The number of amides is 1. The van der Waals surface area contributed by atoms with Crippen molar-refractivity contribution < 1.29 is 22.9 Å². The van der Waals surface area contributed by atoms with Crippen molar-refractivity contribution in [2.45, 2.75) is 69.9 Å². The van der Waals surface area contributed by atoms with Crippen LogP contribution in [-0.2, 0) is 14.8 Å². The van der Waals surface area contributed by atoms with E-state index in [9.17, 15) is 23.3 Å². The molecule has 1 aromatic rings. The lowest BCUT2D eigenvalue weighted by Gasteiger charge is -2.34. The highest BCUT2D eigenvalue weighted by molar-refractivity contribution is 7.89. The molecule has 0 heterocycles. The van der Waals surface area contributed by atoms with Crippen LogP contribution in [0, 0.1) is 10.1 Å². The molecule has 2 N–H and O–H groups in total. The van der Waals surface area contributed by atoms with Gasteiger partial charge in [-0.3, -0.25) is 10.1 Å². The summed E-state index contributed by atoms with van der Waals surface area (Å²) in [5.41, 5.74) is -1.79. The molecular weight excluding hydrogens is 386 g/mol. The number of sulfonamides is 1. The molecule has 1 rings (SSSR count). The maximum atomic E-state index is 12.5. The molecule has 0 unspecified atom stereocenters. The molecular formula is C18H29N3O6S. The Balaban J connectivity index is 2.87. The smallest absolute Gasteiger partial charge is 0.408 e. The number of carbonyl (C=O) groups excluding carboxylic acids is 1. The van der Waals surface area contributed by atoms with E-state index in [2.05, 4.69) is 10.0 Å². The summed E-state index contributed by atoms with van der Waals surface area (Å²) in [5.74, 6) is 0. The molecule has 158 valence electrons. The zero-order valence-corrected chi connectivity index (χ0v) is 17.8. The standard InChI is InChI=1S/C18H29N3O6S/c1-6-18(7-2,20-16(22)27-17(3,4)5)12-13-19-28(25,26)15-11-9-8-10-14(15)21(23)24/h8-11,19H,6-7,12-13H2,1-5H3,(H,20,22). The average molecular weight is 416 g/mol. The van der Waals surface area contributed by atoms with E-state index in [0.717, 1.165) is 6.07 Å². The van der Waals surface area contributed by atoms with Gasteiger partial charge >= 0.3 is 6.09 Å². The quantitative estimate of drug-likeness (QED) is 0.470. The highest BCUT2D eigenvalue weighted by Gasteiger charge is 2.31. The van der Waals surface area contributed by atoms with Crippen LogP contribution in [0.25, 0.3) is 0 Å². The molecule has 1 amide bonds. The molecule has 0 aliphatic heterocycles. The second kappa shape index (κ2) is 9.33. The fourth-order valence-electron chi connectivity index (χ4n) is 2.70. The van der Waals surface area contributed by atoms with Gasteiger partial charge in [-0.1, -0.05) is 26.0 Å². The minimum Gasteiger partial charge on any atom is -0.444 e. The maximum Gasteiger partial charge on any atom is 0.408 e.